The van der Waals surface area contributed by atoms with Gasteiger partial charge < -0.3 is 0 Å². The van der Waals surface area contributed by atoms with Crippen molar-refractivity contribution in [3.05, 3.63) is 37.0 Å². The molecule has 8 heavy (non-hydrogen) atoms. The van der Waals surface area contributed by atoms with E-state index in [0.29, 0.717) is 0 Å². The predicted octanol–water partition coefficient (Wildman–Crippen LogP) is 2.69. The van der Waals surface area contributed by atoms with Crippen LogP contribution in [-0.2, 0) is 0 Å². The summed E-state index contributed by atoms with van der Waals surface area (Å²) in [5, 5.41) is 0. The van der Waals surface area contributed by atoms with Gasteiger partial charge in [-0.3, -0.25) is 0 Å². The minimum absolute atomic E-state index is 0.942. The number of hydrogen-bond donors (Lipinski definition) is 0. The van der Waals surface area contributed by atoms with E-state index in [2.05, 4.69) is 19.2 Å². The summed E-state index contributed by atoms with van der Waals surface area (Å²) < 4.78 is 0. The minimum atomic E-state index is 0.942. The van der Waals surface area contributed by atoms with Crippen LogP contribution in [0, 0.1) is 0 Å². The van der Waals surface area contributed by atoms with Gasteiger partial charge in [-0.25, -0.2) is 0 Å². The predicted molar refractivity (Wildman–Crippen MR) is 38.8 cm³/mol. The van der Waals surface area contributed by atoms with Crippen molar-refractivity contribution in [2.75, 3.05) is 0 Å². The summed E-state index contributed by atoms with van der Waals surface area (Å²) in [5.41, 5.74) is 1.21. The standard InChI is InChI=1S/C8H12/c1-4-6-7-8(3)5-2/h4-5,7H,1-2,6H2,3H3/b8-7+. The zero-order chi connectivity index (χ0) is 6.41. The van der Waals surface area contributed by atoms with Crippen LogP contribution in [0.25, 0.3) is 0 Å². The molecule has 0 unspecified atom stereocenters. The molecule has 0 fully saturated rings. The molecule has 0 saturated heterocycles. The Kier molecular flexibility index (Phi) is 3.95. The van der Waals surface area contributed by atoms with E-state index in [0.717, 1.165) is 6.42 Å². The summed E-state index contributed by atoms with van der Waals surface area (Å²) in [6.07, 6.45) is 6.73. The summed E-state index contributed by atoms with van der Waals surface area (Å²) in [5.74, 6) is 0. The van der Waals surface area contributed by atoms with Crippen molar-refractivity contribution in [1.29, 1.82) is 0 Å². The monoisotopic (exact) mass is 108 g/mol. The Morgan fingerprint density at radius 1 is 1.50 bits per heavy atom. The molecule has 0 aliphatic rings. The van der Waals surface area contributed by atoms with E-state index in [9.17, 15) is 0 Å². The van der Waals surface area contributed by atoms with Crippen LogP contribution in [0.5, 0.6) is 0 Å². The molecule has 0 nitrogen and oxygen atoms in total. The van der Waals surface area contributed by atoms with Gasteiger partial charge >= 0.3 is 0 Å². The van der Waals surface area contributed by atoms with Crippen LogP contribution in [0.1, 0.15) is 13.3 Å². The first-order valence-corrected chi connectivity index (χ1v) is 2.71. The lowest BCUT2D eigenvalue weighted by molar-refractivity contribution is 1.34. The van der Waals surface area contributed by atoms with Crippen LogP contribution in [0.4, 0.5) is 0 Å². The molecule has 0 rings (SSSR count). The third kappa shape index (κ3) is 3.41. The molecule has 0 radical (unpaired) electrons. The van der Waals surface area contributed by atoms with E-state index in [1.807, 2.05) is 19.1 Å². The first-order valence-electron chi connectivity index (χ1n) is 2.71. The fourth-order valence-electron chi connectivity index (χ4n) is 0.353. The Morgan fingerprint density at radius 3 is 2.50 bits per heavy atom. The molecule has 0 atom stereocenters. The Balaban J connectivity index is 3.56. The van der Waals surface area contributed by atoms with E-state index in [1.54, 1.807) is 0 Å². The fourth-order valence-corrected chi connectivity index (χ4v) is 0.353. The molecule has 0 bridgehead atoms. The van der Waals surface area contributed by atoms with E-state index >= 15 is 0 Å². The van der Waals surface area contributed by atoms with Gasteiger partial charge in [0.05, 0.1) is 0 Å². The molecule has 0 saturated carbocycles. The number of allylic oxidation sites excluding steroid dienone is 4. The summed E-state index contributed by atoms with van der Waals surface area (Å²) in [7, 11) is 0. The second-order valence-electron chi connectivity index (χ2n) is 1.68. The maximum Gasteiger partial charge on any atom is -0.0166 e. The summed E-state index contributed by atoms with van der Waals surface area (Å²) in [4.78, 5) is 0. The van der Waals surface area contributed by atoms with Crippen molar-refractivity contribution < 1.29 is 0 Å². The number of hydrogen-bond acceptors (Lipinski definition) is 0. The van der Waals surface area contributed by atoms with E-state index < -0.39 is 0 Å². The first kappa shape index (κ1) is 7.22. The molecule has 0 aliphatic heterocycles. The maximum atomic E-state index is 3.61. The summed E-state index contributed by atoms with van der Waals surface area (Å²) in [6.45, 7) is 9.22. The molecular formula is C8H12. The molecule has 0 heterocycles. The highest BCUT2D eigenvalue weighted by atomic mass is 13.8. The van der Waals surface area contributed by atoms with Crippen molar-refractivity contribution in [3.63, 3.8) is 0 Å². The Morgan fingerprint density at radius 2 is 2.12 bits per heavy atom. The second kappa shape index (κ2) is 4.38. The molecule has 0 aromatic rings. The smallest absolute Gasteiger partial charge is 0.0166 e. The molecule has 0 aliphatic carbocycles. The largest absolute Gasteiger partial charge is 0.103 e. The Hall–Kier alpha value is -0.780. The molecule has 0 aromatic carbocycles. The Bertz CT molecular complexity index is 107. The lowest BCUT2D eigenvalue weighted by Gasteiger charge is -1.84. The van der Waals surface area contributed by atoms with Crippen LogP contribution in [0.15, 0.2) is 37.0 Å². The van der Waals surface area contributed by atoms with E-state index in [1.165, 1.54) is 5.57 Å². The van der Waals surface area contributed by atoms with Gasteiger partial charge in [0.15, 0.2) is 0 Å². The van der Waals surface area contributed by atoms with Crippen molar-refractivity contribution in [2.24, 2.45) is 0 Å². The van der Waals surface area contributed by atoms with E-state index in [4.69, 9.17) is 0 Å². The average molecular weight is 108 g/mol. The van der Waals surface area contributed by atoms with Crippen LogP contribution >= 0.6 is 0 Å². The zero-order valence-corrected chi connectivity index (χ0v) is 5.35. The molecule has 0 amide bonds. The summed E-state index contributed by atoms with van der Waals surface area (Å²) >= 11 is 0. The van der Waals surface area contributed by atoms with Crippen molar-refractivity contribution in [2.45, 2.75) is 13.3 Å². The highest BCUT2D eigenvalue weighted by Gasteiger charge is 1.73. The van der Waals surface area contributed by atoms with Crippen molar-refractivity contribution >= 4 is 0 Å². The third-order valence-electron chi connectivity index (χ3n) is 0.928. The van der Waals surface area contributed by atoms with Crippen LogP contribution in [0.2, 0.25) is 0 Å². The maximum absolute atomic E-state index is 3.61. The Labute approximate surface area is 51.2 Å². The van der Waals surface area contributed by atoms with Gasteiger partial charge in [0.1, 0.15) is 0 Å². The second-order valence-corrected chi connectivity index (χ2v) is 1.68. The van der Waals surface area contributed by atoms with Gasteiger partial charge in [0, 0.05) is 0 Å². The normalized spacial score (nSPS) is 10.9. The van der Waals surface area contributed by atoms with Gasteiger partial charge in [-0.15, -0.1) is 6.58 Å². The minimum Gasteiger partial charge on any atom is -0.103 e. The van der Waals surface area contributed by atoms with Gasteiger partial charge in [0.25, 0.3) is 0 Å². The highest BCUT2D eigenvalue weighted by Crippen LogP contribution is 1.94. The SMILES string of the molecule is C=CC/C=C(\C)C=C. The van der Waals surface area contributed by atoms with Gasteiger partial charge in [0.2, 0.25) is 0 Å². The average Bonchev–Trinajstić information content (AvgIpc) is 1.83. The molecular weight excluding hydrogens is 96.1 g/mol. The molecule has 0 N–H and O–H groups in total. The van der Waals surface area contributed by atoms with Crippen molar-refractivity contribution in [1.82, 2.24) is 0 Å². The molecule has 0 spiro atoms. The fraction of sp³-hybridized carbons (Fsp3) is 0.250. The lowest BCUT2D eigenvalue weighted by Crippen LogP contribution is -1.63. The van der Waals surface area contributed by atoms with Crippen LogP contribution < -0.4 is 0 Å². The highest BCUT2D eigenvalue weighted by molar-refractivity contribution is 5.13. The van der Waals surface area contributed by atoms with Crippen LogP contribution in [0.3, 0.4) is 0 Å². The third-order valence-corrected chi connectivity index (χ3v) is 0.928. The first-order chi connectivity index (χ1) is 3.81. The number of rotatable bonds is 3. The van der Waals surface area contributed by atoms with Gasteiger partial charge in [-0.2, -0.15) is 0 Å². The molecule has 0 heteroatoms. The van der Waals surface area contributed by atoms with Gasteiger partial charge in [-0.05, 0) is 13.3 Å². The quantitative estimate of drug-likeness (QED) is 0.385. The lowest BCUT2D eigenvalue weighted by atomic mass is 10.2. The molecule has 0 aromatic heterocycles. The van der Waals surface area contributed by atoms with Crippen molar-refractivity contribution in [3.8, 4) is 0 Å². The zero-order valence-electron chi connectivity index (χ0n) is 5.35. The summed E-state index contributed by atoms with van der Waals surface area (Å²) in [6, 6.07) is 0. The topological polar surface area (TPSA) is 0 Å². The van der Waals surface area contributed by atoms with Gasteiger partial charge in [-0.1, -0.05) is 30.4 Å². The van der Waals surface area contributed by atoms with E-state index in [-0.39, 0.29) is 0 Å². The van der Waals surface area contributed by atoms with Crippen LogP contribution in [-0.4, -0.2) is 0 Å². The molecule has 44 valence electrons.